The quantitative estimate of drug-likeness (QED) is 0.929. The number of rotatable bonds is 3. The Hall–Kier alpha value is -1.07. The highest BCUT2D eigenvalue weighted by Gasteiger charge is 2.53. The van der Waals surface area contributed by atoms with Crippen molar-refractivity contribution in [1.29, 1.82) is 0 Å². The molecule has 0 radical (unpaired) electrons. The maximum atomic E-state index is 6.08. The van der Waals surface area contributed by atoms with Gasteiger partial charge in [-0.15, -0.1) is 0 Å². The molecule has 0 unspecified atom stereocenters. The molecule has 1 aromatic carbocycles. The third-order valence-corrected chi connectivity index (χ3v) is 4.47. The van der Waals surface area contributed by atoms with Crippen molar-refractivity contribution in [2.45, 2.75) is 31.4 Å². The lowest BCUT2D eigenvalue weighted by atomic mass is 9.73. The van der Waals surface area contributed by atoms with Gasteiger partial charge in [-0.25, -0.2) is 0 Å². The lowest BCUT2D eigenvalue weighted by Gasteiger charge is -2.50. The van der Waals surface area contributed by atoms with Gasteiger partial charge in [-0.1, -0.05) is 15.9 Å². The van der Waals surface area contributed by atoms with Gasteiger partial charge in [0.2, 0.25) is 0 Å². The van der Waals surface area contributed by atoms with Crippen LogP contribution < -0.4 is 10.6 Å². The van der Waals surface area contributed by atoms with Crippen LogP contribution in [-0.4, -0.2) is 30.8 Å². The van der Waals surface area contributed by atoms with Crippen LogP contribution >= 0.6 is 15.9 Å². The molecule has 1 aromatic rings. The number of ether oxygens (including phenoxy) is 1. The maximum Gasteiger partial charge on any atom is 0.196 e. The molecule has 4 nitrogen and oxygen atoms in total. The minimum atomic E-state index is 0.0394. The lowest BCUT2D eigenvalue weighted by molar-refractivity contribution is -0.0306. The second kappa shape index (κ2) is 4.80. The molecular weight excluding hydrogens is 306 g/mol. The molecule has 1 aliphatic carbocycles. The fraction of sp³-hybridized carbons (Fsp3) is 0.500. The van der Waals surface area contributed by atoms with E-state index in [1.807, 2.05) is 19.1 Å². The Balaban J connectivity index is 1.82. The van der Waals surface area contributed by atoms with Crippen LogP contribution in [0.5, 0.6) is 0 Å². The largest absolute Gasteiger partial charge is 0.378 e. The number of guanidine groups is 1. The predicted octanol–water partition coefficient (Wildman–Crippen LogP) is 2.52. The summed E-state index contributed by atoms with van der Waals surface area (Å²) in [6, 6.07) is 8.22. The van der Waals surface area contributed by atoms with Crippen molar-refractivity contribution in [2.24, 2.45) is 10.7 Å². The first-order valence-corrected chi connectivity index (χ1v) is 7.41. The van der Waals surface area contributed by atoms with E-state index in [9.17, 15) is 0 Å². The monoisotopic (exact) mass is 323 g/mol. The third-order valence-electron chi connectivity index (χ3n) is 3.94. The zero-order valence-electron chi connectivity index (χ0n) is 11.0. The van der Waals surface area contributed by atoms with Gasteiger partial charge in [0, 0.05) is 16.8 Å². The van der Waals surface area contributed by atoms with Gasteiger partial charge in [-0.2, -0.15) is 0 Å². The van der Waals surface area contributed by atoms with Crippen LogP contribution in [0.4, 0.5) is 5.69 Å². The van der Waals surface area contributed by atoms with Gasteiger partial charge < -0.3 is 15.4 Å². The molecule has 1 heterocycles. The molecule has 5 heteroatoms. The highest BCUT2D eigenvalue weighted by Crippen LogP contribution is 2.44. The van der Waals surface area contributed by atoms with E-state index in [4.69, 9.17) is 10.5 Å². The Bertz CT molecular complexity index is 494. The molecular formula is C14H18BrN3O. The maximum absolute atomic E-state index is 6.08. The van der Waals surface area contributed by atoms with Gasteiger partial charge in [0.25, 0.3) is 0 Å². The Morgan fingerprint density at radius 2 is 2.11 bits per heavy atom. The molecule has 0 atom stereocenters. The molecule has 0 amide bonds. The van der Waals surface area contributed by atoms with Gasteiger partial charge in [-0.05, 0) is 44.0 Å². The molecule has 0 saturated heterocycles. The molecule has 1 fully saturated rings. The summed E-state index contributed by atoms with van der Waals surface area (Å²) in [7, 11) is 0. The summed E-state index contributed by atoms with van der Waals surface area (Å²) in [5, 5.41) is 0. The Morgan fingerprint density at radius 3 is 2.74 bits per heavy atom. The van der Waals surface area contributed by atoms with Crippen molar-refractivity contribution < 1.29 is 4.74 Å². The van der Waals surface area contributed by atoms with E-state index in [1.54, 1.807) is 0 Å². The minimum Gasteiger partial charge on any atom is -0.378 e. The van der Waals surface area contributed by atoms with E-state index in [0.29, 0.717) is 12.1 Å². The van der Waals surface area contributed by atoms with E-state index in [1.165, 1.54) is 0 Å². The number of anilines is 1. The number of nitrogens with two attached hydrogens (primary N) is 1. The molecule has 1 aliphatic heterocycles. The van der Waals surface area contributed by atoms with Gasteiger partial charge in [0.15, 0.2) is 5.96 Å². The van der Waals surface area contributed by atoms with Crippen molar-refractivity contribution in [1.82, 2.24) is 0 Å². The smallest absolute Gasteiger partial charge is 0.196 e. The van der Waals surface area contributed by atoms with E-state index in [0.717, 1.165) is 36.2 Å². The minimum absolute atomic E-state index is 0.0394. The first kappa shape index (κ1) is 12.9. The average molecular weight is 324 g/mol. The lowest BCUT2D eigenvalue weighted by Crippen LogP contribution is -2.62. The summed E-state index contributed by atoms with van der Waals surface area (Å²) in [5.74, 6) is 0.622. The molecule has 0 bridgehead atoms. The molecule has 19 heavy (non-hydrogen) atoms. The first-order chi connectivity index (χ1) is 9.14. The van der Waals surface area contributed by atoms with Gasteiger partial charge >= 0.3 is 0 Å². The van der Waals surface area contributed by atoms with Crippen LogP contribution in [0.15, 0.2) is 33.7 Å². The molecule has 3 rings (SSSR count). The van der Waals surface area contributed by atoms with Crippen molar-refractivity contribution in [3.05, 3.63) is 28.7 Å². The molecule has 2 N–H and O–H groups in total. The standard InChI is InChI=1S/C14H18BrN3O/c1-2-19-12-7-14(8-12)9-17-13(16)18(14)11-5-3-10(15)4-6-11/h3-6,12H,2,7-9H2,1H3,(H2,16,17). The van der Waals surface area contributed by atoms with Crippen molar-refractivity contribution in [3.63, 3.8) is 0 Å². The highest BCUT2D eigenvalue weighted by molar-refractivity contribution is 9.10. The Kier molecular flexibility index (Phi) is 3.27. The number of hydrogen-bond acceptors (Lipinski definition) is 4. The van der Waals surface area contributed by atoms with Crippen LogP contribution in [0.1, 0.15) is 19.8 Å². The van der Waals surface area contributed by atoms with E-state index >= 15 is 0 Å². The summed E-state index contributed by atoms with van der Waals surface area (Å²) < 4.78 is 6.75. The van der Waals surface area contributed by atoms with Gasteiger partial charge in [0.05, 0.1) is 18.2 Å². The van der Waals surface area contributed by atoms with E-state index < -0.39 is 0 Å². The normalized spacial score (nSPS) is 29.5. The van der Waals surface area contributed by atoms with Crippen LogP contribution in [0, 0.1) is 0 Å². The molecule has 102 valence electrons. The zero-order chi connectivity index (χ0) is 13.5. The Labute approximate surface area is 121 Å². The Morgan fingerprint density at radius 1 is 1.42 bits per heavy atom. The second-order valence-corrected chi connectivity index (χ2v) is 6.11. The number of nitrogens with zero attached hydrogens (tertiary/aromatic N) is 2. The zero-order valence-corrected chi connectivity index (χ0v) is 12.6. The number of aliphatic imine (C=N–C) groups is 1. The van der Waals surface area contributed by atoms with Crippen LogP contribution in [-0.2, 0) is 4.74 Å². The summed E-state index contributed by atoms with van der Waals surface area (Å²) in [6.45, 7) is 3.59. The molecule has 1 spiro atoms. The van der Waals surface area contributed by atoms with Crippen molar-refractivity contribution in [2.75, 3.05) is 18.1 Å². The fourth-order valence-corrected chi connectivity index (χ4v) is 3.33. The average Bonchev–Trinajstić information content (AvgIpc) is 2.69. The summed E-state index contributed by atoms with van der Waals surface area (Å²) in [5.41, 5.74) is 7.22. The van der Waals surface area contributed by atoms with Crippen LogP contribution in [0.25, 0.3) is 0 Å². The summed E-state index contributed by atoms with van der Waals surface area (Å²) >= 11 is 3.46. The molecule has 2 aliphatic rings. The third kappa shape index (κ3) is 2.15. The highest BCUT2D eigenvalue weighted by atomic mass is 79.9. The van der Waals surface area contributed by atoms with E-state index in [-0.39, 0.29) is 5.54 Å². The van der Waals surface area contributed by atoms with Crippen molar-refractivity contribution >= 4 is 27.6 Å². The first-order valence-electron chi connectivity index (χ1n) is 6.62. The number of halogens is 1. The SMILES string of the molecule is CCOC1CC2(CN=C(N)N2c2ccc(Br)cc2)C1. The second-order valence-electron chi connectivity index (χ2n) is 5.20. The van der Waals surface area contributed by atoms with Crippen LogP contribution in [0.3, 0.4) is 0 Å². The molecule has 0 aromatic heterocycles. The topological polar surface area (TPSA) is 50.9 Å². The summed E-state index contributed by atoms with van der Waals surface area (Å²) in [4.78, 5) is 6.61. The fourth-order valence-electron chi connectivity index (χ4n) is 3.06. The van der Waals surface area contributed by atoms with Gasteiger partial charge in [-0.3, -0.25) is 4.99 Å². The van der Waals surface area contributed by atoms with E-state index in [2.05, 4.69) is 38.0 Å². The summed E-state index contributed by atoms with van der Waals surface area (Å²) in [6.07, 6.45) is 2.35. The number of hydrogen-bond donors (Lipinski definition) is 1. The number of benzene rings is 1. The predicted molar refractivity (Wildman–Crippen MR) is 80.5 cm³/mol. The van der Waals surface area contributed by atoms with Crippen molar-refractivity contribution in [3.8, 4) is 0 Å². The molecule has 1 saturated carbocycles. The van der Waals surface area contributed by atoms with Gasteiger partial charge in [0.1, 0.15) is 0 Å². The van der Waals surface area contributed by atoms with Crippen LogP contribution in [0.2, 0.25) is 0 Å².